The summed E-state index contributed by atoms with van der Waals surface area (Å²) in [6, 6.07) is 2.76. The fourth-order valence-electron chi connectivity index (χ4n) is 1.58. The molecule has 0 unspecified atom stereocenters. The Morgan fingerprint density at radius 2 is 2.00 bits per heavy atom. The van der Waals surface area contributed by atoms with Crippen molar-refractivity contribution < 1.29 is 15.3 Å². The Labute approximate surface area is 119 Å². The molecule has 0 saturated heterocycles. The fourth-order valence-corrected chi connectivity index (χ4v) is 2.45. The standard InChI is InChI=1S/C13H15N3O3S/c1-3-14-13-16(8(2)7-20-13)15-6-9-4-5-10(17)12(19)11(9)18/h4-7,17-19H,3H2,1-2H3/b14-13?,15-6+. The summed E-state index contributed by atoms with van der Waals surface area (Å²) in [6.07, 6.45) is 1.41. The second kappa shape index (κ2) is 5.79. The van der Waals surface area contributed by atoms with Gasteiger partial charge in [0.25, 0.3) is 0 Å². The quantitative estimate of drug-likeness (QED) is 0.595. The van der Waals surface area contributed by atoms with Gasteiger partial charge in [0.1, 0.15) is 0 Å². The van der Waals surface area contributed by atoms with Crippen molar-refractivity contribution in [3.63, 3.8) is 0 Å². The topological polar surface area (TPSA) is 90.3 Å². The van der Waals surface area contributed by atoms with E-state index in [2.05, 4.69) is 10.1 Å². The zero-order valence-corrected chi connectivity index (χ0v) is 11.9. The summed E-state index contributed by atoms with van der Waals surface area (Å²) >= 11 is 1.48. The van der Waals surface area contributed by atoms with E-state index in [1.54, 1.807) is 4.68 Å². The van der Waals surface area contributed by atoms with Crippen molar-refractivity contribution in [2.45, 2.75) is 13.8 Å². The predicted octanol–water partition coefficient (Wildman–Crippen LogP) is 1.78. The van der Waals surface area contributed by atoms with Crippen LogP contribution in [0.15, 0.2) is 27.6 Å². The summed E-state index contributed by atoms with van der Waals surface area (Å²) in [5.74, 6) is -1.34. The summed E-state index contributed by atoms with van der Waals surface area (Å²) in [7, 11) is 0. The summed E-state index contributed by atoms with van der Waals surface area (Å²) in [4.78, 5) is 5.06. The number of nitrogens with zero attached hydrogens (tertiary/aromatic N) is 3. The third-order valence-corrected chi connectivity index (χ3v) is 3.59. The highest BCUT2D eigenvalue weighted by Gasteiger charge is 2.09. The molecule has 0 aliphatic carbocycles. The predicted molar refractivity (Wildman–Crippen MR) is 77.6 cm³/mol. The van der Waals surface area contributed by atoms with Crippen molar-refractivity contribution in [3.05, 3.63) is 33.6 Å². The molecular weight excluding hydrogens is 278 g/mol. The van der Waals surface area contributed by atoms with Gasteiger partial charge in [0.2, 0.25) is 10.6 Å². The first-order chi connectivity index (χ1) is 9.54. The molecule has 0 atom stereocenters. The first-order valence-electron chi connectivity index (χ1n) is 6.00. The van der Waals surface area contributed by atoms with Crippen LogP contribution in [0.25, 0.3) is 0 Å². The third kappa shape index (κ3) is 2.67. The summed E-state index contributed by atoms with van der Waals surface area (Å²) in [5, 5.41) is 34.6. The molecule has 0 aliphatic rings. The highest BCUT2D eigenvalue weighted by Crippen LogP contribution is 2.36. The Balaban J connectivity index is 2.43. The maximum atomic E-state index is 9.72. The number of benzene rings is 1. The molecule has 20 heavy (non-hydrogen) atoms. The van der Waals surface area contributed by atoms with Crippen LogP contribution < -0.4 is 4.80 Å². The summed E-state index contributed by atoms with van der Waals surface area (Å²) in [5.41, 5.74) is 1.22. The zero-order valence-electron chi connectivity index (χ0n) is 11.1. The SMILES string of the molecule is CCN=c1scc(C)n1/N=C/c1ccc(O)c(O)c1O. The maximum Gasteiger partial charge on any atom is 0.205 e. The highest BCUT2D eigenvalue weighted by atomic mass is 32.1. The smallest absolute Gasteiger partial charge is 0.205 e. The minimum atomic E-state index is -0.556. The van der Waals surface area contributed by atoms with E-state index in [1.165, 1.54) is 29.7 Å². The molecule has 6 nitrogen and oxygen atoms in total. The number of hydrogen-bond donors (Lipinski definition) is 3. The molecule has 1 aromatic heterocycles. The lowest BCUT2D eigenvalue weighted by molar-refractivity contribution is 0.367. The Kier molecular flexibility index (Phi) is 4.09. The number of aromatic hydroxyl groups is 3. The molecule has 0 amide bonds. The molecule has 0 fully saturated rings. The minimum absolute atomic E-state index is 0.306. The van der Waals surface area contributed by atoms with Gasteiger partial charge in [0.05, 0.1) is 11.9 Å². The zero-order chi connectivity index (χ0) is 14.7. The van der Waals surface area contributed by atoms with Crippen LogP contribution >= 0.6 is 11.3 Å². The van der Waals surface area contributed by atoms with Gasteiger partial charge in [0, 0.05) is 17.5 Å². The maximum absolute atomic E-state index is 9.72. The van der Waals surface area contributed by atoms with E-state index in [0.29, 0.717) is 12.1 Å². The van der Waals surface area contributed by atoms with E-state index >= 15 is 0 Å². The van der Waals surface area contributed by atoms with Crippen molar-refractivity contribution in [1.29, 1.82) is 0 Å². The molecule has 0 spiro atoms. The lowest BCUT2D eigenvalue weighted by atomic mass is 10.2. The van der Waals surface area contributed by atoms with Gasteiger partial charge < -0.3 is 15.3 Å². The lowest BCUT2D eigenvalue weighted by Crippen LogP contribution is -2.12. The number of rotatable bonds is 3. The molecular formula is C13H15N3O3S. The molecule has 7 heteroatoms. The molecule has 1 heterocycles. The Morgan fingerprint density at radius 3 is 2.70 bits per heavy atom. The van der Waals surface area contributed by atoms with Crippen molar-refractivity contribution >= 4 is 17.6 Å². The second-order valence-corrected chi connectivity index (χ2v) is 4.90. The van der Waals surface area contributed by atoms with Crippen LogP contribution in [-0.4, -0.2) is 32.8 Å². The fraction of sp³-hybridized carbons (Fsp3) is 0.231. The molecule has 3 N–H and O–H groups in total. The van der Waals surface area contributed by atoms with Gasteiger partial charge in [-0.3, -0.25) is 4.99 Å². The summed E-state index contributed by atoms with van der Waals surface area (Å²) < 4.78 is 1.65. The second-order valence-electron chi connectivity index (χ2n) is 4.06. The van der Waals surface area contributed by atoms with Crippen LogP contribution in [0.1, 0.15) is 18.2 Å². The molecule has 0 bridgehead atoms. The van der Waals surface area contributed by atoms with E-state index in [4.69, 9.17) is 0 Å². The number of aryl methyl sites for hydroxylation is 1. The minimum Gasteiger partial charge on any atom is -0.504 e. The number of phenolic OH excluding ortho intramolecular Hbond substituents is 3. The number of hydrogen-bond acceptors (Lipinski definition) is 6. The van der Waals surface area contributed by atoms with Crippen LogP contribution in [-0.2, 0) is 0 Å². The molecule has 1 aromatic carbocycles. The molecule has 0 aliphatic heterocycles. The van der Waals surface area contributed by atoms with Crippen molar-refractivity contribution in [2.24, 2.45) is 10.1 Å². The van der Waals surface area contributed by atoms with Gasteiger partial charge in [-0.2, -0.15) is 5.10 Å². The van der Waals surface area contributed by atoms with Crippen molar-refractivity contribution in [3.8, 4) is 17.2 Å². The van der Waals surface area contributed by atoms with Gasteiger partial charge in [0.15, 0.2) is 11.5 Å². The van der Waals surface area contributed by atoms with E-state index < -0.39 is 11.5 Å². The van der Waals surface area contributed by atoms with Crippen LogP contribution in [0.5, 0.6) is 17.2 Å². The Hall–Kier alpha value is -2.28. The molecule has 2 rings (SSSR count). The van der Waals surface area contributed by atoms with E-state index in [1.807, 2.05) is 19.2 Å². The average Bonchev–Trinajstić information content (AvgIpc) is 2.77. The molecule has 106 valence electrons. The van der Waals surface area contributed by atoms with Crippen molar-refractivity contribution in [1.82, 2.24) is 4.68 Å². The Bertz CT molecular complexity index is 716. The van der Waals surface area contributed by atoms with Gasteiger partial charge in [-0.1, -0.05) is 0 Å². The largest absolute Gasteiger partial charge is 0.504 e. The lowest BCUT2D eigenvalue weighted by Gasteiger charge is -2.03. The molecule has 2 aromatic rings. The van der Waals surface area contributed by atoms with Gasteiger partial charge in [-0.25, -0.2) is 4.68 Å². The van der Waals surface area contributed by atoms with E-state index in [-0.39, 0.29) is 5.75 Å². The van der Waals surface area contributed by atoms with Gasteiger partial charge >= 0.3 is 0 Å². The molecule has 0 saturated carbocycles. The van der Waals surface area contributed by atoms with Crippen LogP contribution in [0.2, 0.25) is 0 Å². The number of thiazole rings is 1. The normalized spacial score (nSPS) is 12.4. The van der Waals surface area contributed by atoms with Gasteiger partial charge in [-0.05, 0) is 26.0 Å². The highest BCUT2D eigenvalue weighted by molar-refractivity contribution is 7.07. The monoisotopic (exact) mass is 293 g/mol. The van der Waals surface area contributed by atoms with Crippen LogP contribution in [0.4, 0.5) is 0 Å². The number of aromatic nitrogens is 1. The Morgan fingerprint density at radius 1 is 1.25 bits per heavy atom. The molecule has 0 radical (unpaired) electrons. The van der Waals surface area contributed by atoms with Crippen molar-refractivity contribution in [2.75, 3.05) is 6.54 Å². The van der Waals surface area contributed by atoms with E-state index in [9.17, 15) is 15.3 Å². The van der Waals surface area contributed by atoms with Crippen LogP contribution in [0, 0.1) is 6.92 Å². The van der Waals surface area contributed by atoms with Gasteiger partial charge in [-0.15, -0.1) is 11.3 Å². The number of phenols is 3. The average molecular weight is 293 g/mol. The first kappa shape index (κ1) is 14.1. The third-order valence-electron chi connectivity index (χ3n) is 2.62. The summed E-state index contributed by atoms with van der Waals surface area (Å²) in [6.45, 7) is 4.49. The van der Waals surface area contributed by atoms with Crippen LogP contribution in [0.3, 0.4) is 0 Å². The van der Waals surface area contributed by atoms with E-state index in [0.717, 1.165) is 10.5 Å². The first-order valence-corrected chi connectivity index (χ1v) is 6.88.